The first kappa shape index (κ1) is 20.3. The number of amidine groups is 1. The van der Waals surface area contributed by atoms with E-state index in [4.69, 9.17) is 16.3 Å². The normalized spacial score (nSPS) is 17.0. The SMILES string of the molecule is CCCN1C(=O)/C(=C/c2ccc(O)c(OCC)c2)SC1=Nc1ccc(Cl)cc1. The molecule has 0 spiro atoms. The van der Waals surface area contributed by atoms with Crippen LogP contribution in [0.2, 0.25) is 5.02 Å². The van der Waals surface area contributed by atoms with Crippen LogP contribution in [0.3, 0.4) is 0 Å². The fraction of sp³-hybridized carbons (Fsp3) is 0.238. The Bertz CT molecular complexity index is 926. The maximum absolute atomic E-state index is 12.9. The third-order valence-electron chi connectivity index (χ3n) is 3.97. The summed E-state index contributed by atoms with van der Waals surface area (Å²) in [5.74, 6) is 0.394. The van der Waals surface area contributed by atoms with Crippen LogP contribution in [0.5, 0.6) is 11.5 Å². The molecule has 2 aromatic carbocycles. The van der Waals surface area contributed by atoms with Gasteiger partial charge in [0.2, 0.25) is 0 Å². The Hall–Kier alpha value is -2.44. The Morgan fingerprint density at radius 2 is 1.96 bits per heavy atom. The number of halogens is 1. The molecule has 0 bridgehead atoms. The van der Waals surface area contributed by atoms with Gasteiger partial charge in [0.1, 0.15) is 0 Å². The quantitative estimate of drug-likeness (QED) is 0.635. The van der Waals surface area contributed by atoms with Gasteiger partial charge in [-0.1, -0.05) is 24.6 Å². The predicted octanol–water partition coefficient (Wildman–Crippen LogP) is 5.46. The van der Waals surface area contributed by atoms with E-state index in [-0.39, 0.29) is 11.7 Å². The molecule has 1 saturated heterocycles. The molecule has 7 heteroatoms. The standard InChI is InChI=1S/C21H21ClN2O3S/c1-3-11-24-20(26)19(13-14-5-10-17(25)18(12-14)27-4-2)28-21(24)23-16-8-6-15(22)7-9-16/h5-10,12-13,25H,3-4,11H2,1-2H3/b19-13-,23-21?. The molecule has 0 aromatic heterocycles. The van der Waals surface area contributed by atoms with Gasteiger partial charge in [0, 0.05) is 11.6 Å². The number of thioether (sulfide) groups is 1. The number of rotatable bonds is 6. The zero-order valence-corrected chi connectivity index (χ0v) is 17.3. The van der Waals surface area contributed by atoms with E-state index in [1.807, 2.05) is 26.0 Å². The molecule has 1 amide bonds. The Morgan fingerprint density at radius 1 is 1.21 bits per heavy atom. The molecule has 5 nitrogen and oxygen atoms in total. The number of ether oxygens (including phenoxy) is 1. The molecule has 146 valence electrons. The van der Waals surface area contributed by atoms with E-state index in [2.05, 4.69) is 4.99 Å². The lowest BCUT2D eigenvalue weighted by Crippen LogP contribution is -2.29. The number of carbonyl (C=O) groups is 1. The van der Waals surface area contributed by atoms with Crippen LogP contribution in [0.1, 0.15) is 25.8 Å². The molecule has 1 N–H and O–H groups in total. The summed E-state index contributed by atoms with van der Waals surface area (Å²) >= 11 is 7.27. The molecule has 2 aromatic rings. The second kappa shape index (κ2) is 9.17. The highest BCUT2D eigenvalue weighted by atomic mass is 35.5. The number of carbonyl (C=O) groups excluding carboxylic acids is 1. The summed E-state index contributed by atoms with van der Waals surface area (Å²) in [7, 11) is 0. The first-order chi connectivity index (χ1) is 13.5. The fourth-order valence-electron chi connectivity index (χ4n) is 2.68. The van der Waals surface area contributed by atoms with Crippen LogP contribution in [0.25, 0.3) is 6.08 Å². The first-order valence-corrected chi connectivity index (χ1v) is 10.2. The van der Waals surface area contributed by atoms with Crippen molar-refractivity contribution in [2.24, 2.45) is 4.99 Å². The van der Waals surface area contributed by atoms with Gasteiger partial charge in [0.25, 0.3) is 5.91 Å². The number of amides is 1. The number of aromatic hydroxyl groups is 1. The van der Waals surface area contributed by atoms with Crippen LogP contribution in [0, 0.1) is 0 Å². The largest absolute Gasteiger partial charge is 0.504 e. The van der Waals surface area contributed by atoms with E-state index >= 15 is 0 Å². The molecule has 1 aliphatic rings. The van der Waals surface area contributed by atoms with Gasteiger partial charge in [-0.2, -0.15) is 0 Å². The van der Waals surface area contributed by atoms with E-state index in [0.29, 0.717) is 34.0 Å². The van der Waals surface area contributed by atoms with Gasteiger partial charge >= 0.3 is 0 Å². The highest BCUT2D eigenvalue weighted by Crippen LogP contribution is 2.35. The van der Waals surface area contributed by atoms with Crippen molar-refractivity contribution in [1.29, 1.82) is 0 Å². The van der Waals surface area contributed by atoms with Crippen molar-refractivity contribution >= 4 is 46.2 Å². The molecule has 0 saturated carbocycles. The molecule has 3 rings (SSSR count). The summed E-state index contributed by atoms with van der Waals surface area (Å²) in [6, 6.07) is 12.2. The summed E-state index contributed by atoms with van der Waals surface area (Å²) in [6.45, 7) is 4.91. The molecule has 0 aliphatic carbocycles. The molecule has 1 aliphatic heterocycles. The number of phenolic OH excluding ortho intramolecular Hbond substituents is 1. The third-order valence-corrected chi connectivity index (χ3v) is 5.23. The molecule has 0 unspecified atom stereocenters. The van der Waals surface area contributed by atoms with Crippen molar-refractivity contribution in [1.82, 2.24) is 4.90 Å². The van der Waals surface area contributed by atoms with Crippen LogP contribution in [0.4, 0.5) is 5.69 Å². The third kappa shape index (κ3) is 4.69. The molecule has 0 radical (unpaired) electrons. The number of benzene rings is 2. The van der Waals surface area contributed by atoms with Crippen molar-refractivity contribution < 1.29 is 14.6 Å². The van der Waals surface area contributed by atoms with Crippen molar-refractivity contribution in [2.75, 3.05) is 13.2 Å². The van der Waals surface area contributed by atoms with E-state index < -0.39 is 0 Å². The fourth-order valence-corrected chi connectivity index (χ4v) is 3.83. The Kier molecular flexibility index (Phi) is 6.65. The predicted molar refractivity (Wildman–Crippen MR) is 115 cm³/mol. The molecular formula is C21H21ClN2O3S. The number of hydrogen-bond acceptors (Lipinski definition) is 5. The average Bonchev–Trinajstić information content (AvgIpc) is 2.96. The first-order valence-electron chi connectivity index (χ1n) is 9.03. The average molecular weight is 417 g/mol. The van der Waals surface area contributed by atoms with Crippen LogP contribution in [0.15, 0.2) is 52.4 Å². The van der Waals surface area contributed by atoms with E-state index in [1.165, 1.54) is 11.8 Å². The minimum absolute atomic E-state index is 0.0759. The highest BCUT2D eigenvalue weighted by Gasteiger charge is 2.32. The van der Waals surface area contributed by atoms with Crippen molar-refractivity contribution in [3.63, 3.8) is 0 Å². The van der Waals surface area contributed by atoms with Crippen LogP contribution in [-0.2, 0) is 4.79 Å². The van der Waals surface area contributed by atoms with Crippen LogP contribution >= 0.6 is 23.4 Å². The Balaban J connectivity index is 1.92. The zero-order chi connectivity index (χ0) is 20.1. The highest BCUT2D eigenvalue weighted by molar-refractivity contribution is 8.18. The summed E-state index contributed by atoms with van der Waals surface area (Å²) < 4.78 is 5.42. The maximum atomic E-state index is 12.9. The van der Waals surface area contributed by atoms with Crippen LogP contribution < -0.4 is 4.74 Å². The topological polar surface area (TPSA) is 62.1 Å². The second-order valence-corrected chi connectivity index (χ2v) is 7.54. The summed E-state index contributed by atoms with van der Waals surface area (Å²) in [5.41, 5.74) is 1.52. The zero-order valence-electron chi connectivity index (χ0n) is 15.7. The van der Waals surface area contributed by atoms with Crippen LogP contribution in [-0.4, -0.2) is 34.2 Å². The van der Waals surface area contributed by atoms with Gasteiger partial charge in [-0.05, 0) is 73.1 Å². The minimum Gasteiger partial charge on any atom is -0.504 e. The summed E-state index contributed by atoms with van der Waals surface area (Å²) in [6.07, 6.45) is 2.62. The lowest BCUT2D eigenvalue weighted by atomic mass is 10.2. The minimum atomic E-state index is -0.0781. The molecule has 1 heterocycles. The van der Waals surface area contributed by atoms with Gasteiger partial charge in [-0.3, -0.25) is 9.69 Å². The summed E-state index contributed by atoms with van der Waals surface area (Å²) in [5, 5.41) is 11.1. The molecule has 0 atom stereocenters. The lowest BCUT2D eigenvalue weighted by Gasteiger charge is -2.13. The van der Waals surface area contributed by atoms with Crippen molar-refractivity contribution in [3.05, 3.63) is 58.0 Å². The number of nitrogens with zero attached hydrogens (tertiary/aromatic N) is 2. The van der Waals surface area contributed by atoms with Crippen molar-refractivity contribution in [3.8, 4) is 11.5 Å². The second-order valence-electron chi connectivity index (χ2n) is 6.10. The van der Waals surface area contributed by atoms with E-state index in [1.54, 1.807) is 41.3 Å². The number of phenols is 1. The smallest absolute Gasteiger partial charge is 0.266 e. The molecular weight excluding hydrogens is 396 g/mol. The molecule has 28 heavy (non-hydrogen) atoms. The lowest BCUT2D eigenvalue weighted by molar-refractivity contribution is -0.122. The number of hydrogen-bond donors (Lipinski definition) is 1. The number of aliphatic imine (C=N–C) groups is 1. The van der Waals surface area contributed by atoms with Gasteiger partial charge < -0.3 is 9.84 Å². The van der Waals surface area contributed by atoms with Gasteiger partial charge in [0.05, 0.1) is 17.2 Å². The summed E-state index contributed by atoms with van der Waals surface area (Å²) in [4.78, 5) is 19.8. The van der Waals surface area contributed by atoms with E-state index in [0.717, 1.165) is 17.7 Å². The Morgan fingerprint density at radius 3 is 2.64 bits per heavy atom. The van der Waals surface area contributed by atoms with E-state index in [9.17, 15) is 9.90 Å². The van der Waals surface area contributed by atoms with Crippen molar-refractivity contribution in [2.45, 2.75) is 20.3 Å². The Labute approximate surface area is 173 Å². The maximum Gasteiger partial charge on any atom is 0.266 e. The van der Waals surface area contributed by atoms with Gasteiger partial charge in [-0.25, -0.2) is 4.99 Å². The van der Waals surface area contributed by atoms with Gasteiger partial charge in [0.15, 0.2) is 16.7 Å². The monoisotopic (exact) mass is 416 g/mol. The van der Waals surface area contributed by atoms with Gasteiger partial charge in [-0.15, -0.1) is 0 Å². The molecule has 1 fully saturated rings.